The monoisotopic (exact) mass is 278 g/mol. The van der Waals surface area contributed by atoms with Crippen molar-refractivity contribution in [3.63, 3.8) is 0 Å². The maximum absolute atomic E-state index is 12.5. The van der Waals surface area contributed by atoms with Crippen LogP contribution in [0.4, 0.5) is 0 Å². The third kappa shape index (κ3) is 2.29. The Hall–Kier alpha value is -2.01. The second kappa shape index (κ2) is 4.59. The highest BCUT2D eigenvalue weighted by molar-refractivity contribution is 7.91. The molecule has 4 nitrogen and oxygen atoms in total. The molecule has 0 aliphatic rings. The molecular formula is C14H14O4S. The van der Waals surface area contributed by atoms with E-state index in [1.807, 2.05) is 0 Å². The van der Waals surface area contributed by atoms with Crippen LogP contribution in [0.5, 0.6) is 11.5 Å². The van der Waals surface area contributed by atoms with E-state index in [4.69, 9.17) is 0 Å². The summed E-state index contributed by atoms with van der Waals surface area (Å²) in [4.78, 5) is -0.158. The molecule has 2 aromatic rings. The number of aromatic hydroxyl groups is 2. The van der Waals surface area contributed by atoms with E-state index < -0.39 is 9.84 Å². The largest absolute Gasteiger partial charge is 0.508 e. The van der Waals surface area contributed by atoms with E-state index in [1.165, 1.54) is 37.3 Å². The predicted molar refractivity (Wildman–Crippen MR) is 71.1 cm³/mol. The van der Waals surface area contributed by atoms with Crippen molar-refractivity contribution in [1.82, 2.24) is 0 Å². The van der Waals surface area contributed by atoms with Crippen LogP contribution in [0.1, 0.15) is 11.1 Å². The molecule has 0 amide bonds. The smallest absolute Gasteiger partial charge is 0.210 e. The Morgan fingerprint density at radius 3 is 2.16 bits per heavy atom. The summed E-state index contributed by atoms with van der Waals surface area (Å²) in [5.74, 6) is -0.378. The molecule has 5 heteroatoms. The van der Waals surface area contributed by atoms with Crippen molar-refractivity contribution in [3.8, 4) is 11.5 Å². The van der Waals surface area contributed by atoms with E-state index in [0.29, 0.717) is 5.56 Å². The molecule has 0 aliphatic heterocycles. The van der Waals surface area contributed by atoms with Gasteiger partial charge < -0.3 is 10.2 Å². The van der Waals surface area contributed by atoms with E-state index >= 15 is 0 Å². The number of hydrogen-bond donors (Lipinski definition) is 2. The Balaban J connectivity index is 2.75. The Kier molecular flexibility index (Phi) is 3.24. The zero-order chi connectivity index (χ0) is 14.2. The first-order valence-corrected chi connectivity index (χ1v) is 7.15. The average Bonchev–Trinajstić information content (AvgIpc) is 2.34. The summed E-state index contributed by atoms with van der Waals surface area (Å²) in [6, 6.07) is 8.73. The van der Waals surface area contributed by atoms with Crippen LogP contribution in [0.25, 0.3) is 0 Å². The van der Waals surface area contributed by atoms with Crippen LogP contribution in [-0.4, -0.2) is 18.6 Å². The van der Waals surface area contributed by atoms with Crippen molar-refractivity contribution in [2.45, 2.75) is 23.6 Å². The molecule has 0 spiro atoms. The molecule has 0 fully saturated rings. The maximum atomic E-state index is 12.5. The molecule has 2 N–H and O–H groups in total. The van der Waals surface area contributed by atoms with Crippen molar-refractivity contribution in [2.24, 2.45) is 0 Å². The van der Waals surface area contributed by atoms with Gasteiger partial charge in [-0.05, 0) is 43.7 Å². The first-order chi connectivity index (χ1) is 8.84. The normalized spacial score (nSPS) is 11.5. The molecule has 0 atom stereocenters. The van der Waals surface area contributed by atoms with Gasteiger partial charge in [-0.1, -0.05) is 12.1 Å². The van der Waals surface area contributed by atoms with Gasteiger partial charge in [-0.15, -0.1) is 0 Å². The second-order valence-corrected chi connectivity index (χ2v) is 6.26. The van der Waals surface area contributed by atoms with E-state index in [2.05, 4.69) is 0 Å². The lowest BCUT2D eigenvalue weighted by atomic mass is 10.1. The molecule has 0 aliphatic carbocycles. The van der Waals surface area contributed by atoms with Gasteiger partial charge in [-0.2, -0.15) is 0 Å². The van der Waals surface area contributed by atoms with Crippen molar-refractivity contribution in [1.29, 1.82) is 0 Å². The zero-order valence-corrected chi connectivity index (χ0v) is 11.4. The Bertz CT molecular complexity index is 733. The first kappa shape index (κ1) is 13.4. The summed E-state index contributed by atoms with van der Waals surface area (Å²) >= 11 is 0. The van der Waals surface area contributed by atoms with Crippen molar-refractivity contribution in [2.75, 3.05) is 0 Å². The van der Waals surface area contributed by atoms with Crippen molar-refractivity contribution in [3.05, 3.63) is 47.5 Å². The SMILES string of the molecule is Cc1cc(O)c(C)c(S(=O)(=O)c2ccccc2O)c1. The zero-order valence-electron chi connectivity index (χ0n) is 10.6. The fraction of sp³-hybridized carbons (Fsp3) is 0.143. The van der Waals surface area contributed by atoms with Gasteiger partial charge in [0.15, 0.2) is 0 Å². The molecule has 0 unspecified atom stereocenters. The highest BCUT2D eigenvalue weighted by atomic mass is 32.2. The molecule has 0 bridgehead atoms. The van der Waals surface area contributed by atoms with Crippen LogP contribution in [-0.2, 0) is 9.84 Å². The number of para-hydroxylation sites is 1. The minimum absolute atomic E-state index is 0.00602. The van der Waals surface area contributed by atoms with Crippen LogP contribution in [0.2, 0.25) is 0 Å². The first-order valence-electron chi connectivity index (χ1n) is 5.67. The van der Waals surface area contributed by atoms with Crippen molar-refractivity contribution >= 4 is 9.84 Å². The summed E-state index contributed by atoms with van der Waals surface area (Å²) in [5, 5.41) is 19.4. The topological polar surface area (TPSA) is 74.6 Å². The summed E-state index contributed by atoms with van der Waals surface area (Å²) in [5.41, 5.74) is 0.908. The van der Waals surface area contributed by atoms with Gasteiger partial charge in [0.2, 0.25) is 9.84 Å². The quantitative estimate of drug-likeness (QED) is 0.885. The fourth-order valence-corrected chi connectivity index (χ4v) is 3.58. The predicted octanol–water partition coefficient (Wildman–Crippen LogP) is 2.55. The summed E-state index contributed by atoms with van der Waals surface area (Å²) in [7, 11) is -3.86. The number of hydrogen-bond acceptors (Lipinski definition) is 4. The molecule has 2 aromatic carbocycles. The summed E-state index contributed by atoms with van der Waals surface area (Å²) in [6.07, 6.45) is 0. The lowest BCUT2D eigenvalue weighted by molar-refractivity contribution is 0.457. The molecule has 0 aromatic heterocycles. The fourth-order valence-electron chi connectivity index (χ4n) is 1.89. The average molecular weight is 278 g/mol. The number of rotatable bonds is 2. The van der Waals surface area contributed by atoms with Crippen LogP contribution in [0.3, 0.4) is 0 Å². The molecule has 2 rings (SSSR count). The third-order valence-corrected chi connectivity index (χ3v) is 4.85. The molecule has 19 heavy (non-hydrogen) atoms. The van der Waals surface area contributed by atoms with Gasteiger partial charge in [-0.3, -0.25) is 0 Å². The van der Waals surface area contributed by atoms with Crippen LogP contribution < -0.4 is 0 Å². The van der Waals surface area contributed by atoms with Gasteiger partial charge in [0.25, 0.3) is 0 Å². The van der Waals surface area contributed by atoms with E-state index in [0.717, 1.165) is 0 Å². The van der Waals surface area contributed by atoms with Crippen molar-refractivity contribution < 1.29 is 18.6 Å². The van der Waals surface area contributed by atoms with E-state index in [9.17, 15) is 18.6 Å². The molecule has 0 saturated heterocycles. The maximum Gasteiger partial charge on any atom is 0.210 e. The van der Waals surface area contributed by atoms with E-state index in [-0.39, 0.29) is 26.9 Å². The van der Waals surface area contributed by atoms with Gasteiger partial charge >= 0.3 is 0 Å². The van der Waals surface area contributed by atoms with Crippen LogP contribution >= 0.6 is 0 Å². The summed E-state index contributed by atoms with van der Waals surface area (Å²) < 4.78 is 25.0. The number of aryl methyl sites for hydroxylation is 1. The minimum atomic E-state index is -3.86. The molecular weight excluding hydrogens is 264 g/mol. The molecule has 0 saturated carbocycles. The highest BCUT2D eigenvalue weighted by Gasteiger charge is 2.24. The van der Waals surface area contributed by atoms with Gasteiger partial charge in [0, 0.05) is 5.56 Å². The van der Waals surface area contributed by atoms with Crippen LogP contribution in [0.15, 0.2) is 46.2 Å². The van der Waals surface area contributed by atoms with Gasteiger partial charge in [-0.25, -0.2) is 8.42 Å². The highest BCUT2D eigenvalue weighted by Crippen LogP contribution is 2.33. The lowest BCUT2D eigenvalue weighted by Gasteiger charge is -2.11. The Morgan fingerprint density at radius 1 is 0.895 bits per heavy atom. The second-order valence-electron chi connectivity index (χ2n) is 4.38. The number of sulfone groups is 1. The number of phenols is 2. The minimum Gasteiger partial charge on any atom is -0.508 e. The number of phenolic OH excluding ortho intramolecular Hbond substituents is 2. The Morgan fingerprint density at radius 2 is 1.53 bits per heavy atom. The lowest BCUT2D eigenvalue weighted by Crippen LogP contribution is -2.05. The number of benzene rings is 2. The standard InChI is InChI=1S/C14H14O4S/c1-9-7-12(16)10(2)14(8-9)19(17,18)13-6-4-3-5-11(13)15/h3-8,15-16H,1-2H3. The summed E-state index contributed by atoms with van der Waals surface area (Å²) in [6.45, 7) is 3.23. The third-order valence-electron chi connectivity index (χ3n) is 2.92. The van der Waals surface area contributed by atoms with Gasteiger partial charge in [0.1, 0.15) is 16.4 Å². The Labute approximate surface area is 111 Å². The molecule has 0 radical (unpaired) electrons. The van der Waals surface area contributed by atoms with E-state index in [1.54, 1.807) is 13.0 Å². The van der Waals surface area contributed by atoms with Crippen LogP contribution in [0, 0.1) is 13.8 Å². The molecule has 100 valence electrons. The molecule has 0 heterocycles. The van der Waals surface area contributed by atoms with Gasteiger partial charge in [0.05, 0.1) is 4.90 Å².